The number of benzene rings is 1. The molecule has 1 atom stereocenters. The van der Waals surface area contributed by atoms with E-state index in [1.807, 2.05) is 32.0 Å². The first-order valence-electron chi connectivity index (χ1n) is 6.80. The van der Waals surface area contributed by atoms with Crippen molar-refractivity contribution in [3.8, 4) is 5.75 Å². The lowest BCUT2D eigenvalue weighted by atomic mass is 10.1. The molecule has 0 saturated carbocycles. The number of hydrogen-bond acceptors (Lipinski definition) is 4. The lowest BCUT2D eigenvalue weighted by Crippen LogP contribution is -2.48. The van der Waals surface area contributed by atoms with E-state index in [-0.39, 0.29) is 25.2 Å². The molecule has 0 bridgehead atoms. The van der Waals surface area contributed by atoms with Gasteiger partial charge in [-0.05, 0) is 37.1 Å². The second kappa shape index (κ2) is 6.72. The number of carbonyl (C=O) groups excluding carboxylic acids is 1. The van der Waals surface area contributed by atoms with Crippen LogP contribution < -0.4 is 4.74 Å². The summed E-state index contributed by atoms with van der Waals surface area (Å²) in [6.45, 7) is 5.42. The maximum absolute atomic E-state index is 12.0. The van der Waals surface area contributed by atoms with Crippen molar-refractivity contribution < 1.29 is 19.4 Å². The molecule has 1 unspecified atom stereocenters. The van der Waals surface area contributed by atoms with Crippen molar-refractivity contribution in [2.75, 3.05) is 32.9 Å². The first-order chi connectivity index (χ1) is 9.60. The van der Waals surface area contributed by atoms with Gasteiger partial charge in [0.1, 0.15) is 5.75 Å². The third kappa shape index (κ3) is 3.71. The summed E-state index contributed by atoms with van der Waals surface area (Å²) in [5.41, 5.74) is 2.34. The van der Waals surface area contributed by atoms with E-state index in [1.165, 1.54) is 5.56 Å². The van der Waals surface area contributed by atoms with Gasteiger partial charge in [0, 0.05) is 13.1 Å². The van der Waals surface area contributed by atoms with Gasteiger partial charge >= 0.3 is 0 Å². The minimum atomic E-state index is -0.283. The lowest BCUT2D eigenvalue weighted by molar-refractivity contribution is -0.142. The smallest absolute Gasteiger partial charge is 0.260 e. The number of morpholine rings is 1. The summed E-state index contributed by atoms with van der Waals surface area (Å²) in [7, 11) is 0. The standard InChI is InChI=1S/C15H21NO4/c1-11-3-4-13(7-12(11)2)20-10-15(18)16-5-6-19-14(8-16)9-17/h3-4,7,14,17H,5-6,8-10H2,1-2H3. The van der Waals surface area contributed by atoms with Crippen LogP contribution in [0, 0.1) is 13.8 Å². The Morgan fingerprint density at radius 1 is 1.45 bits per heavy atom. The van der Waals surface area contributed by atoms with Crippen LogP contribution in [-0.4, -0.2) is 54.9 Å². The summed E-state index contributed by atoms with van der Waals surface area (Å²) >= 11 is 0. The predicted octanol–water partition coefficient (Wildman–Crippen LogP) is 0.902. The van der Waals surface area contributed by atoms with Crippen LogP contribution in [0.4, 0.5) is 0 Å². The number of hydrogen-bond donors (Lipinski definition) is 1. The molecule has 1 aromatic carbocycles. The molecule has 1 aliphatic rings. The van der Waals surface area contributed by atoms with E-state index < -0.39 is 0 Å². The van der Waals surface area contributed by atoms with Crippen LogP contribution in [0.3, 0.4) is 0 Å². The van der Waals surface area contributed by atoms with Crippen LogP contribution in [0.2, 0.25) is 0 Å². The molecule has 0 spiro atoms. The topological polar surface area (TPSA) is 59.0 Å². The highest BCUT2D eigenvalue weighted by molar-refractivity contribution is 5.77. The summed E-state index contributed by atoms with van der Waals surface area (Å²) in [5, 5.41) is 9.06. The fourth-order valence-electron chi connectivity index (χ4n) is 2.10. The number of aliphatic hydroxyl groups is 1. The maximum Gasteiger partial charge on any atom is 0.260 e. The van der Waals surface area contributed by atoms with Gasteiger partial charge in [0.25, 0.3) is 5.91 Å². The number of carbonyl (C=O) groups is 1. The molecule has 1 saturated heterocycles. The van der Waals surface area contributed by atoms with Crippen molar-refractivity contribution in [3.05, 3.63) is 29.3 Å². The van der Waals surface area contributed by atoms with Gasteiger partial charge in [0.05, 0.1) is 19.3 Å². The first-order valence-corrected chi connectivity index (χ1v) is 6.80. The lowest BCUT2D eigenvalue weighted by Gasteiger charge is -2.31. The SMILES string of the molecule is Cc1ccc(OCC(=O)N2CCOC(CO)C2)cc1C. The predicted molar refractivity (Wildman–Crippen MR) is 74.8 cm³/mol. The van der Waals surface area contributed by atoms with Gasteiger partial charge in [0.15, 0.2) is 6.61 Å². The molecule has 1 N–H and O–H groups in total. The molecule has 0 radical (unpaired) electrons. The van der Waals surface area contributed by atoms with Crippen LogP contribution in [0.15, 0.2) is 18.2 Å². The molecule has 1 aromatic rings. The van der Waals surface area contributed by atoms with E-state index in [0.29, 0.717) is 25.4 Å². The molecule has 5 heteroatoms. The fraction of sp³-hybridized carbons (Fsp3) is 0.533. The third-order valence-electron chi connectivity index (χ3n) is 3.54. The maximum atomic E-state index is 12.0. The van der Waals surface area contributed by atoms with Crippen molar-refractivity contribution in [2.45, 2.75) is 20.0 Å². The Bertz CT molecular complexity index is 475. The quantitative estimate of drug-likeness (QED) is 0.889. The Morgan fingerprint density at radius 2 is 2.25 bits per heavy atom. The second-order valence-electron chi connectivity index (χ2n) is 5.05. The van der Waals surface area contributed by atoms with Crippen molar-refractivity contribution >= 4 is 5.91 Å². The minimum absolute atomic E-state index is 0.0145. The second-order valence-corrected chi connectivity index (χ2v) is 5.05. The minimum Gasteiger partial charge on any atom is -0.484 e. The van der Waals surface area contributed by atoms with Crippen LogP contribution in [0.5, 0.6) is 5.75 Å². The molecular weight excluding hydrogens is 258 g/mol. The highest BCUT2D eigenvalue weighted by atomic mass is 16.5. The summed E-state index contributed by atoms with van der Waals surface area (Å²) in [6, 6.07) is 5.77. The number of amides is 1. The normalized spacial score (nSPS) is 18.9. The Balaban J connectivity index is 1.86. The molecule has 1 aliphatic heterocycles. The monoisotopic (exact) mass is 279 g/mol. The Kier molecular flexibility index (Phi) is 4.98. The number of ether oxygens (including phenoxy) is 2. The van der Waals surface area contributed by atoms with Crippen molar-refractivity contribution in [2.24, 2.45) is 0 Å². The van der Waals surface area contributed by atoms with Gasteiger partial charge in [-0.15, -0.1) is 0 Å². The van der Waals surface area contributed by atoms with Gasteiger partial charge in [-0.2, -0.15) is 0 Å². The average molecular weight is 279 g/mol. The molecule has 5 nitrogen and oxygen atoms in total. The highest BCUT2D eigenvalue weighted by Crippen LogP contribution is 2.16. The molecule has 0 aliphatic carbocycles. The van der Waals surface area contributed by atoms with Crippen LogP contribution >= 0.6 is 0 Å². The number of aliphatic hydroxyl groups excluding tert-OH is 1. The van der Waals surface area contributed by atoms with Gasteiger partial charge < -0.3 is 19.5 Å². The molecule has 20 heavy (non-hydrogen) atoms. The van der Waals surface area contributed by atoms with E-state index >= 15 is 0 Å². The molecule has 1 fully saturated rings. The van der Waals surface area contributed by atoms with E-state index in [1.54, 1.807) is 4.90 Å². The largest absolute Gasteiger partial charge is 0.484 e. The highest BCUT2D eigenvalue weighted by Gasteiger charge is 2.23. The van der Waals surface area contributed by atoms with Gasteiger partial charge in [-0.1, -0.05) is 6.07 Å². The van der Waals surface area contributed by atoms with E-state index in [9.17, 15) is 4.79 Å². The zero-order valence-corrected chi connectivity index (χ0v) is 12.0. The summed E-state index contributed by atoms with van der Waals surface area (Å²) in [6.07, 6.45) is -0.283. The molecular formula is C15H21NO4. The van der Waals surface area contributed by atoms with E-state index in [2.05, 4.69) is 0 Å². The van der Waals surface area contributed by atoms with Gasteiger partial charge in [-0.3, -0.25) is 4.79 Å². The molecule has 110 valence electrons. The van der Waals surface area contributed by atoms with Crippen LogP contribution in [0.25, 0.3) is 0 Å². The van der Waals surface area contributed by atoms with Crippen molar-refractivity contribution in [3.63, 3.8) is 0 Å². The van der Waals surface area contributed by atoms with Gasteiger partial charge in [-0.25, -0.2) is 0 Å². The van der Waals surface area contributed by atoms with Gasteiger partial charge in [0.2, 0.25) is 0 Å². The Labute approximate surface area is 119 Å². The fourth-order valence-corrected chi connectivity index (χ4v) is 2.10. The molecule has 1 heterocycles. The van der Waals surface area contributed by atoms with Crippen LogP contribution in [-0.2, 0) is 9.53 Å². The summed E-state index contributed by atoms with van der Waals surface area (Å²) < 4.78 is 10.8. The summed E-state index contributed by atoms with van der Waals surface area (Å²) in [5.74, 6) is 0.624. The number of rotatable bonds is 4. The average Bonchev–Trinajstić information content (AvgIpc) is 2.48. The number of aryl methyl sites for hydroxylation is 2. The van der Waals surface area contributed by atoms with E-state index in [0.717, 1.165) is 5.56 Å². The van der Waals surface area contributed by atoms with Crippen LogP contribution in [0.1, 0.15) is 11.1 Å². The van der Waals surface area contributed by atoms with Crippen molar-refractivity contribution in [1.29, 1.82) is 0 Å². The Hall–Kier alpha value is -1.59. The first kappa shape index (κ1) is 14.8. The zero-order chi connectivity index (χ0) is 14.5. The summed E-state index contributed by atoms with van der Waals surface area (Å²) in [4.78, 5) is 13.7. The van der Waals surface area contributed by atoms with E-state index in [4.69, 9.17) is 14.6 Å². The number of nitrogens with zero attached hydrogens (tertiary/aromatic N) is 1. The Morgan fingerprint density at radius 3 is 2.95 bits per heavy atom. The molecule has 0 aromatic heterocycles. The molecule has 1 amide bonds. The zero-order valence-electron chi connectivity index (χ0n) is 12.0. The van der Waals surface area contributed by atoms with Crippen molar-refractivity contribution in [1.82, 2.24) is 4.90 Å². The third-order valence-corrected chi connectivity index (χ3v) is 3.54. The molecule has 2 rings (SSSR count).